The SMILES string of the molecule is C.C.C=C(C)C(=O)OCCOC(=O)CCC1(C)CC(NC(C)=O)CC(C)(C)C1.C=C(C)C(=O)OCCOC(=O)NCC1(C)CC(NC(=O)C[Si](C)(C)C[Si](C)(C)O[Si](C)(C)CCCOCCOC)CC(C)(C)C1. The number of rotatable bonds is 28. The van der Waals surface area contributed by atoms with Gasteiger partial charge in [-0.2, -0.15) is 0 Å². The molecule has 0 aromatic heterocycles. The Kier molecular flexibility index (Phi) is 31.7. The molecule has 2 aliphatic carbocycles. The van der Waals surface area contributed by atoms with Crippen molar-refractivity contribution in [3.63, 3.8) is 0 Å². The summed E-state index contributed by atoms with van der Waals surface area (Å²) in [6, 6.07) is 1.82. The Hall–Kier alpha value is -3.37. The van der Waals surface area contributed by atoms with Crippen molar-refractivity contribution in [2.24, 2.45) is 21.7 Å². The molecule has 0 aromatic carbocycles. The molecule has 0 spiro atoms. The third kappa shape index (κ3) is 32.6. The van der Waals surface area contributed by atoms with Crippen molar-refractivity contribution < 1.29 is 61.3 Å². The second-order valence-electron chi connectivity index (χ2n) is 24.7. The Morgan fingerprint density at radius 3 is 1.63 bits per heavy atom. The van der Waals surface area contributed by atoms with Gasteiger partial charge in [0.1, 0.15) is 26.4 Å². The molecule has 2 aliphatic rings. The van der Waals surface area contributed by atoms with E-state index in [1.165, 1.54) is 6.92 Å². The number of ether oxygens (including phenoxy) is 6. The number of hydrogen-bond donors (Lipinski definition) is 3. The van der Waals surface area contributed by atoms with Gasteiger partial charge in [-0.25, -0.2) is 14.4 Å². The maximum atomic E-state index is 13.4. The highest BCUT2D eigenvalue weighted by molar-refractivity contribution is 6.97. The molecule has 3 amide bonds. The van der Waals surface area contributed by atoms with Gasteiger partial charge in [-0.3, -0.25) is 14.4 Å². The predicted octanol–water partition coefficient (Wildman–Crippen LogP) is 10.7. The zero-order valence-electron chi connectivity index (χ0n) is 47.0. The Bertz CT molecular complexity index is 1790. The summed E-state index contributed by atoms with van der Waals surface area (Å²) >= 11 is 0. The van der Waals surface area contributed by atoms with E-state index in [1.807, 2.05) is 0 Å². The average molecular weight is 1090 g/mol. The zero-order chi connectivity index (χ0) is 54.5. The Morgan fingerprint density at radius 1 is 0.616 bits per heavy atom. The number of amides is 3. The van der Waals surface area contributed by atoms with Crippen molar-refractivity contribution in [1.29, 1.82) is 0 Å². The number of esters is 3. The van der Waals surface area contributed by atoms with Gasteiger partial charge in [0.05, 0.1) is 21.3 Å². The van der Waals surface area contributed by atoms with E-state index in [2.05, 4.69) is 110 Å². The Morgan fingerprint density at radius 2 is 1.11 bits per heavy atom. The number of carbonyl (C=O) groups is 6. The van der Waals surface area contributed by atoms with Crippen LogP contribution in [0.25, 0.3) is 0 Å². The van der Waals surface area contributed by atoms with Crippen LogP contribution in [-0.2, 0) is 56.5 Å². The van der Waals surface area contributed by atoms with Crippen LogP contribution < -0.4 is 16.0 Å². The molecule has 19 heteroatoms. The fourth-order valence-electron chi connectivity index (χ4n) is 11.3. The largest absolute Gasteiger partial charge is 0.462 e. The quantitative estimate of drug-likeness (QED) is 0.0220. The highest BCUT2D eigenvalue weighted by Gasteiger charge is 2.44. The molecular weight excluding hydrogens is 983 g/mol. The first-order valence-corrected chi connectivity index (χ1v) is 35.2. The number of hydrogen-bond acceptors (Lipinski definition) is 13. The van der Waals surface area contributed by atoms with Gasteiger partial charge in [0, 0.05) is 62.9 Å². The summed E-state index contributed by atoms with van der Waals surface area (Å²) in [5.74, 6) is -1.17. The van der Waals surface area contributed by atoms with Crippen molar-refractivity contribution >= 4 is 60.5 Å². The molecule has 3 N–H and O–H groups in total. The number of methoxy groups -OCH3 is 1. The zero-order valence-corrected chi connectivity index (χ0v) is 50.0. The lowest BCUT2D eigenvalue weighted by Gasteiger charge is -2.47. The van der Waals surface area contributed by atoms with Crippen LogP contribution in [0.15, 0.2) is 24.3 Å². The van der Waals surface area contributed by atoms with Gasteiger partial charge in [0.25, 0.3) is 0 Å². The van der Waals surface area contributed by atoms with Crippen LogP contribution in [-0.4, -0.2) is 133 Å². The molecule has 0 heterocycles. The Balaban J connectivity index is 0. The van der Waals surface area contributed by atoms with E-state index < -0.39 is 42.7 Å². The fraction of sp³-hybridized carbons (Fsp3) is 0.815. The van der Waals surface area contributed by atoms with Crippen LogP contribution in [0, 0.1) is 21.7 Å². The molecule has 4 unspecified atom stereocenters. The summed E-state index contributed by atoms with van der Waals surface area (Å²) in [6.07, 6.45) is 6.86. The molecule has 2 rings (SSSR count). The van der Waals surface area contributed by atoms with Crippen LogP contribution >= 0.6 is 0 Å². The first kappa shape index (κ1) is 71.7. The molecule has 2 saturated carbocycles. The van der Waals surface area contributed by atoms with Gasteiger partial charge in [-0.05, 0) is 125 Å². The second kappa shape index (κ2) is 32.3. The lowest BCUT2D eigenvalue weighted by molar-refractivity contribution is -0.150. The highest BCUT2D eigenvalue weighted by Crippen LogP contribution is 2.49. The van der Waals surface area contributed by atoms with Crippen molar-refractivity contribution in [2.45, 2.75) is 204 Å². The normalized spacial score (nSPS) is 21.2. The minimum absolute atomic E-state index is 0. The predicted molar refractivity (Wildman–Crippen MR) is 301 cm³/mol. The molecule has 0 aromatic rings. The molecule has 0 bridgehead atoms. The molecule has 4 atom stereocenters. The number of alkyl carbamates (subject to hydrolysis) is 1. The smallest absolute Gasteiger partial charge is 0.407 e. The van der Waals surface area contributed by atoms with Crippen molar-refractivity contribution in [1.82, 2.24) is 16.0 Å². The maximum absolute atomic E-state index is 13.4. The van der Waals surface area contributed by atoms with Crippen LogP contribution in [0.4, 0.5) is 4.79 Å². The maximum Gasteiger partial charge on any atom is 0.407 e. The van der Waals surface area contributed by atoms with Crippen LogP contribution in [0.2, 0.25) is 57.0 Å². The number of carbonyl (C=O) groups excluding carboxylic acids is 6. The minimum atomic E-state index is -1.96. The first-order chi connectivity index (χ1) is 32.5. The molecular formula is C54H105N3O13Si3. The molecule has 426 valence electrons. The Labute approximate surface area is 446 Å². The highest BCUT2D eigenvalue weighted by atomic mass is 28.4. The first-order valence-electron chi connectivity index (χ1n) is 25.6. The van der Waals surface area contributed by atoms with E-state index in [-0.39, 0.29) is 92.8 Å². The van der Waals surface area contributed by atoms with Gasteiger partial charge in [0.2, 0.25) is 11.8 Å². The molecule has 0 saturated heterocycles. The third-order valence-electron chi connectivity index (χ3n) is 12.7. The lowest BCUT2D eigenvalue weighted by atomic mass is 9.61. The minimum Gasteiger partial charge on any atom is -0.462 e. The molecule has 73 heavy (non-hydrogen) atoms. The summed E-state index contributed by atoms with van der Waals surface area (Å²) in [5, 5.41) is 9.28. The summed E-state index contributed by atoms with van der Waals surface area (Å²) < 4.78 is 37.8. The monoisotopic (exact) mass is 1090 g/mol. The van der Waals surface area contributed by atoms with Crippen LogP contribution in [0.5, 0.6) is 0 Å². The van der Waals surface area contributed by atoms with E-state index in [1.54, 1.807) is 21.0 Å². The van der Waals surface area contributed by atoms with Gasteiger partial charge in [-0.1, -0.05) is 82.6 Å². The van der Waals surface area contributed by atoms with Crippen LogP contribution in [0.1, 0.15) is 135 Å². The van der Waals surface area contributed by atoms with E-state index in [4.69, 9.17) is 32.5 Å². The van der Waals surface area contributed by atoms with Gasteiger partial charge >= 0.3 is 24.0 Å². The van der Waals surface area contributed by atoms with Crippen molar-refractivity contribution in [3.05, 3.63) is 24.3 Å². The lowest BCUT2D eigenvalue weighted by Crippen LogP contribution is -2.52. The van der Waals surface area contributed by atoms with E-state index >= 15 is 0 Å². The van der Waals surface area contributed by atoms with Crippen molar-refractivity contribution in [2.75, 3.05) is 59.9 Å². The summed E-state index contributed by atoms with van der Waals surface area (Å²) in [7, 11) is -3.99. The third-order valence-corrected chi connectivity index (χ3v) is 27.2. The van der Waals surface area contributed by atoms with Crippen molar-refractivity contribution in [3.8, 4) is 0 Å². The average Bonchev–Trinajstić information content (AvgIpc) is 3.17. The van der Waals surface area contributed by atoms with E-state index in [0.717, 1.165) is 63.3 Å². The van der Waals surface area contributed by atoms with Crippen LogP contribution in [0.3, 0.4) is 0 Å². The topological polar surface area (TPSA) is 203 Å². The summed E-state index contributed by atoms with van der Waals surface area (Å²) in [4.78, 5) is 71.8. The van der Waals surface area contributed by atoms with E-state index in [0.29, 0.717) is 49.8 Å². The second-order valence-corrected chi connectivity index (χ2v) is 39.1. The standard InChI is InChI=1S/C32H64N2O8Si3.C20H33NO5.2CH4/c1-26(2)29(36)40-17-18-41-30(37)33-24-32(5)21-27(20-31(3,4)23-32)34-28(35)22-43(7,8)25-45(11,12)42-44(9,10)19-13-14-39-16-15-38-6;1-14(2)18(24)26-10-9-25-17(23)7-8-20(6)12-16(21-15(3)22)11-19(4,5)13-20;;/h27H,1,13-25H2,2-12H3,(H,33,37)(H,34,35);16H,1,7-13H2,2-6H3,(H,21,22);2*1H4. The summed E-state index contributed by atoms with van der Waals surface area (Å²) in [6.45, 7) is 41.2. The van der Waals surface area contributed by atoms with E-state index in [9.17, 15) is 28.8 Å². The molecule has 2 fully saturated rings. The van der Waals surface area contributed by atoms with Gasteiger partial charge < -0.3 is 48.5 Å². The molecule has 0 aliphatic heterocycles. The number of nitrogens with one attached hydrogen (secondary N) is 3. The van der Waals surface area contributed by atoms with Gasteiger partial charge in [0.15, 0.2) is 16.6 Å². The summed E-state index contributed by atoms with van der Waals surface area (Å²) in [5.41, 5.74) is 1.55. The molecule has 0 radical (unpaired) electrons. The van der Waals surface area contributed by atoms with Gasteiger partial charge in [-0.15, -0.1) is 0 Å². The fourth-order valence-corrected chi connectivity index (χ4v) is 30.3. The molecule has 16 nitrogen and oxygen atoms in total.